The summed E-state index contributed by atoms with van der Waals surface area (Å²) < 4.78 is 1.80. The van der Waals surface area contributed by atoms with E-state index in [0.29, 0.717) is 16.6 Å². The number of anilines is 1. The molecule has 4 rings (SSSR count). The van der Waals surface area contributed by atoms with E-state index >= 15 is 0 Å². The van der Waals surface area contributed by atoms with Crippen LogP contribution in [0.2, 0.25) is 0 Å². The molecule has 2 heterocycles. The molecule has 1 aromatic heterocycles. The van der Waals surface area contributed by atoms with Crippen molar-refractivity contribution in [2.24, 2.45) is 0 Å². The van der Waals surface area contributed by atoms with Crippen LogP contribution in [0.3, 0.4) is 0 Å². The number of para-hydroxylation sites is 1. The van der Waals surface area contributed by atoms with Gasteiger partial charge in [0.25, 0.3) is 11.7 Å². The lowest BCUT2D eigenvalue weighted by atomic mass is 10.0. The van der Waals surface area contributed by atoms with Crippen LogP contribution in [0.15, 0.2) is 42.6 Å². The number of carbonyl (C=O) groups excluding carboxylic acids is 3. The second-order valence-electron chi connectivity index (χ2n) is 9.04. The van der Waals surface area contributed by atoms with Gasteiger partial charge in [0.15, 0.2) is 0 Å². The Morgan fingerprint density at radius 2 is 1.55 bits per heavy atom. The first-order valence-electron chi connectivity index (χ1n) is 11.6. The predicted octanol–water partition coefficient (Wildman–Crippen LogP) is 4.79. The van der Waals surface area contributed by atoms with Crippen molar-refractivity contribution in [2.45, 2.75) is 53.0 Å². The zero-order valence-corrected chi connectivity index (χ0v) is 19.6. The summed E-state index contributed by atoms with van der Waals surface area (Å²) in [4.78, 5) is 41.0. The molecule has 1 aliphatic heterocycles. The summed E-state index contributed by atoms with van der Waals surface area (Å²) in [5.74, 6) is -1.23. The molecule has 0 atom stereocenters. The molecule has 1 N–H and O–H groups in total. The maximum Gasteiger partial charge on any atom is 0.296 e. The van der Waals surface area contributed by atoms with E-state index in [1.54, 1.807) is 10.8 Å². The minimum absolute atomic E-state index is 0.0482. The lowest BCUT2D eigenvalue weighted by molar-refractivity contribution is -0.131. The van der Waals surface area contributed by atoms with Crippen LogP contribution in [-0.2, 0) is 16.1 Å². The van der Waals surface area contributed by atoms with Gasteiger partial charge in [-0.15, -0.1) is 0 Å². The number of amides is 2. The van der Waals surface area contributed by atoms with Crippen molar-refractivity contribution in [3.8, 4) is 0 Å². The quantitative estimate of drug-likeness (QED) is 0.453. The minimum Gasteiger partial charge on any atom is -0.341 e. The summed E-state index contributed by atoms with van der Waals surface area (Å²) in [5.41, 5.74) is 4.69. The second kappa shape index (κ2) is 9.61. The van der Waals surface area contributed by atoms with Crippen LogP contribution in [0.25, 0.3) is 10.9 Å². The highest BCUT2D eigenvalue weighted by molar-refractivity contribution is 6.48. The molecule has 0 bridgehead atoms. The Bertz CT molecular complexity index is 1190. The van der Waals surface area contributed by atoms with Crippen LogP contribution in [0.4, 0.5) is 5.69 Å². The second-order valence-corrected chi connectivity index (χ2v) is 9.04. The number of aryl methyl sites for hydroxylation is 3. The van der Waals surface area contributed by atoms with E-state index in [2.05, 4.69) is 5.32 Å². The SMILES string of the molecule is Cc1cc(C)c(NC(=O)C(=O)c2cn(CC(=O)N3CCCCCC3)c3ccccc23)c(C)c1. The maximum atomic E-state index is 13.2. The molecule has 0 radical (unpaired) electrons. The van der Waals surface area contributed by atoms with Crippen molar-refractivity contribution < 1.29 is 14.4 Å². The zero-order chi connectivity index (χ0) is 23.5. The highest BCUT2D eigenvalue weighted by Gasteiger charge is 2.24. The Kier molecular flexibility index (Phi) is 6.63. The smallest absolute Gasteiger partial charge is 0.296 e. The Morgan fingerprint density at radius 3 is 2.21 bits per heavy atom. The number of likely N-dealkylation sites (tertiary alicyclic amines) is 1. The summed E-state index contributed by atoms with van der Waals surface area (Å²) in [6.45, 7) is 7.55. The first-order chi connectivity index (χ1) is 15.8. The largest absolute Gasteiger partial charge is 0.341 e. The van der Waals surface area contributed by atoms with Gasteiger partial charge >= 0.3 is 0 Å². The van der Waals surface area contributed by atoms with Crippen molar-refractivity contribution >= 4 is 34.2 Å². The Labute approximate surface area is 194 Å². The number of benzene rings is 2. The number of rotatable bonds is 5. The Balaban J connectivity index is 1.60. The van der Waals surface area contributed by atoms with Crippen molar-refractivity contribution in [2.75, 3.05) is 18.4 Å². The van der Waals surface area contributed by atoms with Gasteiger partial charge in [-0.2, -0.15) is 0 Å². The van der Waals surface area contributed by atoms with E-state index < -0.39 is 11.7 Å². The molecule has 2 aromatic carbocycles. The number of aromatic nitrogens is 1. The summed E-state index contributed by atoms with van der Waals surface area (Å²) >= 11 is 0. The number of carbonyl (C=O) groups is 3. The monoisotopic (exact) mass is 445 g/mol. The van der Waals surface area contributed by atoms with Gasteiger partial charge in [0.2, 0.25) is 5.91 Å². The molecule has 172 valence electrons. The van der Waals surface area contributed by atoms with Crippen LogP contribution in [0, 0.1) is 20.8 Å². The van der Waals surface area contributed by atoms with Gasteiger partial charge in [0.1, 0.15) is 6.54 Å². The lowest BCUT2D eigenvalue weighted by Crippen LogP contribution is -2.34. The molecule has 0 spiro atoms. The maximum absolute atomic E-state index is 13.2. The first kappa shape index (κ1) is 22.8. The molecule has 0 aliphatic carbocycles. The van der Waals surface area contributed by atoms with Crippen molar-refractivity contribution in [3.63, 3.8) is 0 Å². The summed E-state index contributed by atoms with van der Waals surface area (Å²) in [6, 6.07) is 11.4. The molecule has 6 nitrogen and oxygen atoms in total. The third kappa shape index (κ3) is 4.85. The molecule has 6 heteroatoms. The first-order valence-corrected chi connectivity index (χ1v) is 11.6. The predicted molar refractivity (Wildman–Crippen MR) is 131 cm³/mol. The normalized spacial score (nSPS) is 14.2. The van der Waals surface area contributed by atoms with Gasteiger partial charge in [-0.05, 0) is 50.8 Å². The van der Waals surface area contributed by atoms with Crippen LogP contribution in [-0.4, -0.2) is 40.2 Å². The van der Waals surface area contributed by atoms with E-state index in [4.69, 9.17) is 0 Å². The number of fused-ring (bicyclic) bond motifs is 1. The van der Waals surface area contributed by atoms with Crippen LogP contribution in [0.1, 0.15) is 52.7 Å². The topological polar surface area (TPSA) is 71.4 Å². The van der Waals surface area contributed by atoms with Crippen molar-refractivity contribution in [3.05, 3.63) is 64.8 Å². The Hall–Kier alpha value is -3.41. The summed E-state index contributed by atoms with van der Waals surface area (Å²) in [7, 11) is 0. The third-order valence-corrected chi connectivity index (χ3v) is 6.42. The van der Waals surface area contributed by atoms with Gasteiger partial charge in [-0.25, -0.2) is 0 Å². The minimum atomic E-state index is -0.674. The molecule has 2 amide bonds. The fourth-order valence-corrected chi connectivity index (χ4v) is 4.79. The number of Topliss-reactive ketones (excluding diaryl/α,β-unsaturated/α-hetero) is 1. The highest BCUT2D eigenvalue weighted by atomic mass is 16.2. The third-order valence-electron chi connectivity index (χ3n) is 6.42. The van der Waals surface area contributed by atoms with Gasteiger partial charge in [0, 0.05) is 35.9 Å². The van der Waals surface area contributed by atoms with Crippen LogP contribution >= 0.6 is 0 Å². The average molecular weight is 446 g/mol. The molecule has 0 saturated carbocycles. The van der Waals surface area contributed by atoms with Crippen molar-refractivity contribution in [1.29, 1.82) is 0 Å². The molecule has 3 aromatic rings. The van der Waals surface area contributed by atoms with Gasteiger partial charge in [-0.1, -0.05) is 48.7 Å². The molecular weight excluding hydrogens is 414 g/mol. The van der Waals surface area contributed by atoms with E-state index in [-0.39, 0.29) is 12.5 Å². The van der Waals surface area contributed by atoms with Crippen LogP contribution < -0.4 is 5.32 Å². The highest BCUT2D eigenvalue weighted by Crippen LogP contribution is 2.25. The number of ketones is 1. The fraction of sp³-hybridized carbons (Fsp3) is 0.370. The summed E-state index contributed by atoms with van der Waals surface area (Å²) in [5, 5.41) is 3.48. The fourth-order valence-electron chi connectivity index (χ4n) is 4.79. The standard InChI is InChI=1S/C27H31N3O3/c1-18-14-19(2)25(20(3)15-18)28-27(33)26(32)22-16-30(23-11-7-6-10-21(22)23)17-24(31)29-12-8-4-5-9-13-29/h6-7,10-11,14-16H,4-5,8-9,12-13,17H2,1-3H3,(H,28,33). The van der Waals surface area contributed by atoms with E-state index in [1.807, 2.05) is 62.1 Å². The number of nitrogens with one attached hydrogen (secondary N) is 1. The van der Waals surface area contributed by atoms with Crippen molar-refractivity contribution in [1.82, 2.24) is 9.47 Å². The molecular formula is C27H31N3O3. The lowest BCUT2D eigenvalue weighted by Gasteiger charge is -2.20. The van der Waals surface area contributed by atoms with Gasteiger partial charge in [0.05, 0.1) is 5.56 Å². The number of hydrogen-bond donors (Lipinski definition) is 1. The zero-order valence-electron chi connectivity index (χ0n) is 19.6. The van der Waals surface area contributed by atoms with E-state index in [9.17, 15) is 14.4 Å². The molecule has 0 unspecified atom stereocenters. The molecule has 1 aliphatic rings. The number of nitrogens with zero attached hydrogens (tertiary/aromatic N) is 2. The van der Waals surface area contributed by atoms with E-state index in [0.717, 1.165) is 61.0 Å². The van der Waals surface area contributed by atoms with E-state index in [1.165, 1.54) is 0 Å². The summed E-state index contributed by atoms with van der Waals surface area (Å²) in [6.07, 6.45) is 6.02. The molecule has 1 fully saturated rings. The Morgan fingerprint density at radius 1 is 0.909 bits per heavy atom. The van der Waals surface area contributed by atoms with Gasteiger partial charge in [-0.3, -0.25) is 14.4 Å². The molecule has 1 saturated heterocycles. The van der Waals surface area contributed by atoms with Gasteiger partial charge < -0.3 is 14.8 Å². The average Bonchev–Trinajstić information content (AvgIpc) is 2.95. The van der Waals surface area contributed by atoms with Crippen LogP contribution in [0.5, 0.6) is 0 Å². The number of hydrogen-bond acceptors (Lipinski definition) is 3. The molecule has 33 heavy (non-hydrogen) atoms.